The number of hydrogen-bond donors (Lipinski definition) is 1. The zero-order valence-corrected chi connectivity index (χ0v) is 20.2. The molecule has 2 unspecified atom stereocenters. The van der Waals surface area contributed by atoms with Gasteiger partial charge in [-0.05, 0) is 60.2 Å². The molecule has 0 bridgehead atoms. The molecular formula is C25H29N3O5S. The molecule has 0 spiro atoms. The van der Waals surface area contributed by atoms with E-state index in [9.17, 15) is 22.8 Å². The fourth-order valence-corrected chi connectivity index (χ4v) is 6.29. The maximum absolute atomic E-state index is 13.0. The SMILES string of the molecule is CC1CC(C)CN(S(=O)(=O)c2ccc(NC(=O)c3ccc(CN4C(=O)CCC4=O)cc3)cc2)C1. The Morgan fingerprint density at radius 3 is 2.03 bits per heavy atom. The lowest BCUT2D eigenvalue weighted by molar-refractivity contribution is -0.139. The summed E-state index contributed by atoms with van der Waals surface area (Å²) in [7, 11) is -3.58. The summed E-state index contributed by atoms with van der Waals surface area (Å²) < 4.78 is 27.6. The number of nitrogens with one attached hydrogen (secondary N) is 1. The molecule has 2 fully saturated rings. The molecule has 180 valence electrons. The molecule has 8 nitrogen and oxygen atoms in total. The number of piperidine rings is 1. The first-order valence-corrected chi connectivity index (χ1v) is 12.9. The molecule has 2 heterocycles. The van der Waals surface area contributed by atoms with Crippen LogP contribution in [0.25, 0.3) is 0 Å². The van der Waals surface area contributed by atoms with E-state index in [1.54, 1.807) is 40.7 Å². The van der Waals surface area contributed by atoms with Gasteiger partial charge in [0.2, 0.25) is 21.8 Å². The number of anilines is 1. The Labute approximate surface area is 200 Å². The Hall–Kier alpha value is -3.04. The minimum absolute atomic E-state index is 0.179. The molecule has 2 atom stereocenters. The molecular weight excluding hydrogens is 454 g/mol. The molecule has 4 rings (SSSR count). The van der Waals surface area contributed by atoms with Crippen LogP contribution in [0.1, 0.15) is 49.0 Å². The average Bonchev–Trinajstić information content (AvgIpc) is 3.11. The molecule has 2 aliphatic rings. The summed E-state index contributed by atoms with van der Waals surface area (Å²) in [5, 5.41) is 2.77. The number of carbonyl (C=O) groups excluding carboxylic acids is 3. The summed E-state index contributed by atoms with van der Waals surface area (Å²) in [5.74, 6) is -0.0584. The molecule has 0 aromatic heterocycles. The first-order chi connectivity index (χ1) is 16.1. The van der Waals surface area contributed by atoms with Crippen molar-refractivity contribution in [1.29, 1.82) is 0 Å². The number of imide groups is 1. The predicted octanol–water partition coefficient (Wildman–Crippen LogP) is 3.25. The molecule has 9 heteroatoms. The number of amides is 3. The van der Waals surface area contributed by atoms with Gasteiger partial charge in [0.25, 0.3) is 5.91 Å². The van der Waals surface area contributed by atoms with Crippen molar-refractivity contribution < 1.29 is 22.8 Å². The smallest absolute Gasteiger partial charge is 0.255 e. The zero-order valence-electron chi connectivity index (χ0n) is 19.4. The van der Waals surface area contributed by atoms with Crippen LogP contribution >= 0.6 is 0 Å². The Morgan fingerprint density at radius 1 is 0.912 bits per heavy atom. The van der Waals surface area contributed by atoms with Crippen LogP contribution in [0.2, 0.25) is 0 Å². The fraction of sp³-hybridized carbons (Fsp3) is 0.400. The standard InChI is InChI=1S/C25H29N3O5S/c1-17-13-18(2)15-27(14-17)34(32,33)22-9-7-21(8-10-22)26-25(31)20-5-3-19(4-6-20)16-28-23(29)11-12-24(28)30/h3-10,17-18H,11-16H2,1-2H3,(H,26,31). The summed E-state index contributed by atoms with van der Waals surface area (Å²) >= 11 is 0. The van der Waals surface area contributed by atoms with Gasteiger partial charge in [0.1, 0.15) is 0 Å². The molecule has 2 aromatic carbocycles. The number of rotatable bonds is 6. The monoisotopic (exact) mass is 483 g/mol. The number of benzene rings is 2. The van der Waals surface area contributed by atoms with Crippen molar-refractivity contribution in [2.75, 3.05) is 18.4 Å². The molecule has 2 aromatic rings. The van der Waals surface area contributed by atoms with Crippen LogP contribution in [0.5, 0.6) is 0 Å². The van der Waals surface area contributed by atoms with Crippen LogP contribution in [0.15, 0.2) is 53.4 Å². The van der Waals surface area contributed by atoms with E-state index in [2.05, 4.69) is 19.2 Å². The van der Waals surface area contributed by atoms with E-state index in [1.165, 1.54) is 17.0 Å². The maximum atomic E-state index is 13.0. The van der Waals surface area contributed by atoms with Gasteiger partial charge in [0.05, 0.1) is 11.4 Å². The Kier molecular flexibility index (Phi) is 6.86. The highest BCUT2D eigenvalue weighted by atomic mass is 32.2. The highest BCUT2D eigenvalue weighted by Crippen LogP contribution is 2.27. The van der Waals surface area contributed by atoms with Crippen molar-refractivity contribution >= 4 is 33.4 Å². The van der Waals surface area contributed by atoms with Gasteiger partial charge in [-0.25, -0.2) is 8.42 Å². The lowest BCUT2D eigenvalue weighted by atomic mass is 9.94. The van der Waals surface area contributed by atoms with Crippen LogP contribution < -0.4 is 5.32 Å². The average molecular weight is 484 g/mol. The van der Waals surface area contributed by atoms with Crippen molar-refractivity contribution in [1.82, 2.24) is 9.21 Å². The minimum Gasteiger partial charge on any atom is -0.322 e. The minimum atomic E-state index is -3.58. The van der Waals surface area contributed by atoms with Crippen LogP contribution in [0, 0.1) is 11.8 Å². The molecule has 0 radical (unpaired) electrons. The van der Waals surface area contributed by atoms with Gasteiger partial charge < -0.3 is 5.32 Å². The fourth-order valence-electron chi connectivity index (χ4n) is 4.61. The normalized spacial score (nSPS) is 21.6. The van der Waals surface area contributed by atoms with Crippen molar-refractivity contribution in [3.8, 4) is 0 Å². The summed E-state index contributed by atoms with van der Waals surface area (Å²) in [6.07, 6.45) is 1.51. The van der Waals surface area contributed by atoms with Gasteiger partial charge in [-0.3, -0.25) is 19.3 Å². The molecule has 3 amide bonds. The second-order valence-electron chi connectivity index (χ2n) is 9.32. The van der Waals surface area contributed by atoms with Crippen molar-refractivity contribution in [2.45, 2.75) is 44.6 Å². The van der Waals surface area contributed by atoms with Crippen LogP contribution in [0.4, 0.5) is 5.69 Å². The number of sulfonamides is 1. The van der Waals surface area contributed by atoms with E-state index in [4.69, 9.17) is 0 Å². The molecule has 1 N–H and O–H groups in total. The summed E-state index contributed by atoms with van der Waals surface area (Å²) in [4.78, 5) is 37.6. The van der Waals surface area contributed by atoms with E-state index in [1.807, 2.05) is 0 Å². The Bertz CT molecular complexity index is 1170. The van der Waals surface area contributed by atoms with E-state index in [0.717, 1.165) is 12.0 Å². The first-order valence-electron chi connectivity index (χ1n) is 11.5. The van der Waals surface area contributed by atoms with Crippen molar-refractivity contribution in [2.24, 2.45) is 11.8 Å². The topological polar surface area (TPSA) is 104 Å². The highest BCUT2D eigenvalue weighted by Gasteiger charge is 2.31. The number of likely N-dealkylation sites (tertiary alicyclic amines) is 1. The second-order valence-corrected chi connectivity index (χ2v) is 11.3. The second kappa shape index (κ2) is 9.68. The number of nitrogens with zero attached hydrogens (tertiary/aromatic N) is 2. The van der Waals surface area contributed by atoms with Crippen LogP contribution in [0.3, 0.4) is 0 Å². The number of hydrogen-bond acceptors (Lipinski definition) is 5. The quantitative estimate of drug-likeness (QED) is 0.635. The third-order valence-electron chi connectivity index (χ3n) is 6.30. The molecule has 0 saturated carbocycles. The van der Waals surface area contributed by atoms with Gasteiger partial charge in [-0.15, -0.1) is 0 Å². The van der Waals surface area contributed by atoms with Crippen molar-refractivity contribution in [3.63, 3.8) is 0 Å². The van der Waals surface area contributed by atoms with E-state index >= 15 is 0 Å². The largest absolute Gasteiger partial charge is 0.322 e. The van der Waals surface area contributed by atoms with E-state index in [-0.39, 0.29) is 42.0 Å². The molecule has 2 saturated heterocycles. The molecule has 0 aliphatic carbocycles. The van der Waals surface area contributed by atoms with Gasteiger partial charge in [0, 0.05) is 37.2 Å². The predicted molar refractivity (Wildman–Crippen MR) is 127 cm³/mol. The summed E-state index contributed by atoms with van der Waals surface area (Å²) in [5.41, 5.74) is 1.66. The molecule has 34 heavy (non-hydrogen) atoms. The van der Waals surface area contributed by atoms with E-state index < -0.39 is 10.0 Å². The number of carbonyl (C=O) groups is 3. The third kappa shape index (κ3) is 5.20. The van der Waals surface area contributed by atoms with Crippen LogP contribution in [-0.4, -0.2) is 48.4 Å². The van der Waals surface area contributed by atoms with Crippen molar-refractivity contribution in [3.05, 3.63) is 59.7 Å². The maximum Gasteiger partial charge on any atom is 0.255 e. The summed E-state index contributed by atoms with van der Waals surface area (Å²) in [6, 6.07) is 12.9. The molecule has 2 aliphatic heterocycles. The first kappa shape index (κ1) is 24.1. The van der Waals surface area contributed by atoms with Gasteiger partial charge >= 0.3 is 0 Å². The lowest BCUT2D eigenvalue weighted by Gasteiger charge is -2.34. The lowest BCUT2D eigenvalue weighted by Crippen LogP contribution is -2.42. The zero-order chi connectivity index (χ0) is 24.5. The Balaban J connectivity index is 1.39. The Morgan fingerprint density at radius 2 is 1.47 bits per heavy atom. The highest BCUT2D eigenvalue weighted by molar-refractivity contribution is 7.89. The third-order valence-corrected chi connectivity index (χ3v) is 8.14. The van der Waals surface area contributed by atoms with Gasteiger partial charge in [0.15, 0.2) is 0 Å². The summed E-state index contributed by atoms with van der Waals surface area (Å²) in [6.45, 7) is 5.36. The van der Waals surface area contributed by atoms with Gasteiger partial charge in [-0.2, -0.15) is 4.31 Å². The van der Waals surface area contributed by atoms with E-state index in [0.29, 0.717) is 36.2 Å². The van der Waals surface area contributed by atoms with Crippen LogP contribution in [-0.2, 0) is 26.2 Å². The van der Waals surface area contributed by atoms with Gasteiger partial charge in [-0.1, -0.05) is 26.0 Å².